The molecule has 0 spiro atoms. The number of hydrogen-bond acceptors (Lipinski definition) is 4. The van der Waals surface area contributed by atoms with Crippen LogP contribution in [0.25, 0.3) is 0 Å². The summed E-state index contributed by atoms with van der Waals surface area (Å²) in [4.78, 5) is 12.4. The molecule has 1 aromatic carbocycles. The lowest BCUT2D eigenvalue weighted by Crippen LogP contribution is -2.38. The van der Waals surface area contributed by atoms with Crippen LogP contribution in [0.2, 0.25) is 0 Å². The zero-order chi connectivity index (χ0) is 16.2. The van der Waals surface area contributed by atoms with E-state index < -0.39 is 0 Å². The maximum Gasteiger partial charge on any atom is 0.364 e. The maximum absolute atomic E-state index is 12.4. The normalized spacial score (nSPS) is 24.3. The highest BCUT2D eigenvalue weighted by atomic mass is 16.5. The molecular weight excluding hydrogens is 294 g/mol. The second kappa shape index (κ2) is 4.78. The summed E-state index contributed by atoms with van der Waals surface area (Å²) in [6.45, 7) is 3.92. The fraction of sp³-hybridized carbons (Fsp3) is 0.389. The van der Waals surface area contributed by atoms with Crippen molar-refractivity contribution in [3.05, 3.63) is 58.1 Å². The van der Waals surface area contributed by atoms with E-state index in [2.05, 4.69) is 12.6 Å². The maximum atomic E-state index is 12.4. The molecule has 23 heavy (non-hydrogen) atoms. The summed E-state index contributed by atoms with van der Waals surface area (Å²) in [5.41, 5.74) is 2.06. The third-order valence-electron chi connectivity index (χ3n) is 5.18. The van der Waals surface area contributed by atoms with Crippen LogP contribution in [0, 0.1) is 0 Å². The van der Waals surface area contributed by atoms with E-state index in [1.165, 1.54) is 0 Å². The topological polar surface area (TPSA) is 53.6 Å². The van der Waals surface area contributed by atoms with Gasteiger partial charge in [-0.05, 0) is 25.3 Å². The summed E-state index contributed by atoms with van der Waals surface area (Å²) in [6.07, 6.45) is 3.95. The summed E-state index contributed by atoms with van der Waals surface area (Å²) < 4.78 is 18.6. The van der Waals surface area contributed by atoms with Crippen LogP contribution in [-0.2, 0) is 18.9 Å². The molecule has 5 heteroatoms. The van der Waals surface area contributed by atoms with Gasteiger partial charge in [0.2, 0.25) is 0 Å². The Balaban J connectivity index is 1.97. The highest BCUT2D eigenvalue weighted by Crippen LogP contribution is 2.59. The Morgan fingerprint density at radius 3 is 3.09 bits per heavy atom. The number of aryl methyl sites for hydroxylation is 1. The number of fused-ring (bicyclic) bond motifs is 5. The molecule has 1 aliphatic carbocycles. The molecule has 0 bridgehead atoms. The van der Waals surface area contributed by atoms with Crippen molar-refractivity contribution in [2.24, 2.45) is 7.05 Å². The van der Waals surface area contributed by atoms with Crippen molar-refractivity contribution in [1.29, 1.82) is 0 Å². The van der Waals surface area contributed by atoms with Gasteiger partial charge in [-0.25, -0.2) is 9.53 Å². The first kappa shape index (κ1) is 14.2. The van der Waals surface area contributed by atoms with E-state index in [1.54, 1.807) is 18.9 Å². The quantitative estimate of drug-likeness (QED) is 0.818. The first-order chi connectivity index (χ1) is 11.1. The smallest absolute Gasteiger partial charge is 0.364 e. The molecule has 5 nitrogen and oxygen atoms in total. The minimum Gasteiger partial charge on any atom is -0.493 e. The Morgan fingerprint density at radius 1 is 1.52 bits per heavy atom. The summed E-state index contributed by atoms with van der Waals surface area (Å²) in [7, 11) is 3.40. The number of allylic oxidation sites excluding steroid dienone is 1. The number of para-hydroxylation sites is 1. The Hall–Kier alpha value is -2.43. The number of methoxy groups -OCH3 is 1. The number of ether oxygens (including phenoxy) is 2. The number of rotatable bonds is 3. The molecule has 2 heterocycles. The largest absolute Gasteiger partial charge is 0.493 e. The molecular formula is C18H19NO4. The lowest BCUT2D eigenvalue weighted by molar-refractivity contribution is 0.125. The standard InChI is InChI=1S/C18H19NO4/c1-4-9-18-10-8-12-14(17(20)23-19(12)2)16(18)22-15-11(18)6-5-7-13(15)21-3/h4-7,16H,1,8-10H2,2-3H3/t16-,18-/m0/s1. The van der Waals surface area contributed by atoms with Gasteiger partial charge in [-0.15, -0.1) is 6.58 Å². The van der Waals surface area contributed by atoms with E-state index >= 15 is 0 Å². The second-order valence-electron chi connectivity index (χ2n) is 6.22. The molecule has 4 rings (SSSR count). The summed E-state index contributed by atoms with van der Waals surface area (Å²) in [5, 5.41) is 0. The monoisotopic (exact) mass is 313 g/mol. The summed E-state index contributed by atoms with van der Waals surface area (Å²) in [5.74, 6) is 1.43. The predicted octanol–water partition coefficient (Wildman–Crippen LogP) is 2.88. The van der Waals surface area contributed by atoms with Crippen LogP contribution in [0.3, 0.4) is 0 Å². The van der Waals surface area contributed by atoms with Crippen LogP contribution >= 0.6 is 0 Å². The van der Waals surface area contributed by atoms with E-state index in [1.807, 2.05) is 18.2 Å². The van der Waals surface area contributed by atoms with E-state index in [0.29, 0.717) is 11.3 Å². The lowest BCUT2D eigenvalue weighted by Gasteiger charge is -2.36. The SMILES string of the molecule is C=CC[C@@]12CCc3c(c(=O)on3C)[C@@H]1Oc1c(OC)cccc12. The highest BCUT2D eigenvalue weighted by Gasteiger charge is 2.54. The van der Waals surface area contributed by atoms with Crippen molar-refractivity contribution in [2.75, 3.05) is 7.11 Å². The number of benzene rings is 1. The Labute approximate surface area is 134 Å². The third-order valence-corrected chi connectivity index (χ3v) is 5.18. The van der Waals surface area contributed by atoms with Gasteiger partial charge in [-0.1, -0.05) is 18.2 Å². The highest BCUT2D eigenvalue weighted by molar-refractivity contribution is 5.56. The molecule has 2 aliphatic rings. The number of nitrogens with zero attached hydrogens (tertiary/aromatic N) is 1. The Morgan fingerprint density at radius 2 is 2.35 bits per heavy atom. The average molecular weight is 313 g/mol. The predicted molar refractivity (Wildman–Crippen MR) is 85.1 cm³/mol. The Bertz CT molecular complexity index is 847. The molecule has 0 radical (unpaired) electrons. The third kappa shape index (κ3) is 1.70. The molecule has 0 fully saturated rings. The van der Waals surface area contributed by atoms with Gasteiger partial charge in [0.25, 0.3) is 0 Å². The van der Waals surface area contributed by atoms with Crippen molar-refractivity contribution in [3.63, 3.8) is 0 Å². The molecule has 0 saturated carbocycles. The molecule has 0 saturated heterocycles. The van der Waals surface area contributed by atoms with Gasteiger partial charge in [-0.2, -0.15) is 0 Å². The van der Waals surface area contributed by atoms with E-state index in [0.717, 1.165) is 36.3 Å². The van der Waals surface area contributed by atoms with E-state index in [4.69, 9.17) is 14.0 Å². The van der Waals surface area contributed by atoms with Crippen LogP contribution < -0.4 is 15.1 Å². The van der Waals surface area contributed by atoms with Crippen molar-refractivity contribution < 1.29 is 14.0 Å². The molecule has 1 aromatic heterocycles. The van der Waals surface area contributed by atoms with Crippen LogP contribution in [0.15, 0.2) is 40.2 Å². The van der Waals surface area contributed by atoms with Gasteiger partial charge in [-0.3, -0.25) is 0 Å². The number of hydrogen-bond donors (Lipinski definition) is 0. The zero-order valence-electron chi connectivity index (χ0n) is 13.3. The number of aromatic nitrogens is 1. The Kier molecular flexibility index (Phi) is 2.95. The van der Waals surface area contributed by atoms with Gasteiger partial charge in [0.05, 0.1) is 12.8 Å². The van der Waals surface area contributed by atoms with Crippen molar-refractivity contribution in [2.45, 2.75) is 30.8 Å². The molecule has 1 aliphatic heterocycles. The van der Waals surface area contributed by atoms with Gasteiger partial charge in [0.15, 0.2) is 11.5 Å². The zero-order valence-corrected chi connectivity index (χ0v) is 13.3. The average Bonchev–Trinajstić information content (AvgIpc) is 3.02. The van der Waals surface area contributed by atoms with E-state index in [9.17, 15) is 4.79 Å². The minimum absolute atomic E-state index is 0.283. The summed E-state index contributed by atoms with van der Waals surface area (Å²) in [6, 6.07) is 5.92. The first-order valence-electron chi connectivity index (χ1n) is 7.76. The van der Waals surface area contributed by atoms with Crippen LogP contribution in [0.4, 0.5) is 0 Å². The second-order valence-corrected chi connectivity index (χ2v) is 6.22. The molecule has 0 unspecified atom stereocenters. The van der Waals surface area contributed by atoms with Gasteiger partial charge in [0, 0.05) is 18.0 Å². The van der Waals surface area contributed by atoms with Gasteiger partial charge in [0.1, 0.15) is 11.7 Å². The van der Waals surface area contributed by atoms with Crippen molar-refractivity contribution >= 4 is 0 Å². The van der Waals surface area contributed by atoms with Crippen LogP contribution in [-0.4, -0.2) is 11.8 Å². The van der Waals surface area contributed by atoms with Crippen molar-refractivity contribution in [3.8, 4) is 11.5 Å². The fourth-order valence-corrected chi connectivity index (χ4v) is 4.15. The van der Waals surface area contributed by atoms with Gasteiger partial charge < -0.3 is 14.0 Å². The van der Waals surface area contributed by atoms with Crippen LogP contribution in [0.1, 0.15) is 35.8 Å². The summed E-state index contributed by atoms with van der Waals surface area (Å²) >= 11 is 0. The van der Waals surface area contributed by atoms with Crippen LogP contribution in [0.5, 0.6) is 11.5 Å². The minimum atomic E-state index is -0.354. The molecule has 0 N–H and O–H groups in total. The molecule has 0 amide bonds. The van der Waals surface area contributed by atoms with Gasteiger partial charge >= 0.3 is 5.63 Å². The molecule has 2 atom stereocenters. The lowest BCUT2D eigenvalue weighted by atomic mass is 9.66. The van der Waals surface area contributed by atoms with Crippen molar-refractivity contribution in [1.82, 2.24) is 4.74 Å². The molecule has 2 aromatic rings. The van der Waals surface area contributed by atoms with E-state index in [-0.39, 0.29) is 17.1 Å². The molecule has 120 valence electrons. The fourth-order valence-electron chi connectivity index (χ4n) is 4.15. The first-order valence-corrected chi connectivity index (χ1v) is 7.76.